The summed E-state index contributed by atoms with van der Waals surface area (Å²) in [6, 6.07) is 6.04. The van der Waals surface area contributed by atoms with Crippen LogP contribution in [0.5, 0.6) is 0 Å². The number of carbonyl (C=O) groups is 2. The van der Waals surface area contributed by atoms with Crippen molar-refractivity contribution in [2.75, 3.05) is 30.4 Å². The first-order valence-electron chi connectivity index (χ1n) is 9.60. The van der Waals surface area contributed by atoms with E-state index >= 15 is 0 Å². The topological polar surface area (TPSA) is 99.2 Å². The van der Waals surface area contributed by atoms with Crippen molar-refractivity contribution < 1.29 is 9.59 Å². The Balaban J connectivity index is 1.40. The van der Waals surface area contributed by atoms with Gasteiger partial charge in [0.05, 0.1) is 5.56 Å². The lowest BCUT2D eigenvalue weighted by molar-refractivity contribution is -0.118. The van der Waals surface area contributed by atoms with Crippen LogP contribution < -0.4 is 20.9 Å². The number of aryl methyl sites for hydroxylation is 1. The van der Waals surface area contributed by atoms with Gasteiger partial charge in [-0.05, 0) is 56.1 Å². The smallest absolute Gasteiger partial charge is 0.254 e. The third-order valence-corrected chi connectivity index (χ3v) is 5.27. The number of hydrogen-bond acceptors (Lipinski definition) is 6. The SMILES string of the molecule is CN1C(=O)CCc2cc(Nc3ncc(C(=O)NC4CCNCC4)cn3)ccc21. The molecule has 0 saturated carbocycles. The molecule has 1 saturated heterocycles. The Bertz CT molecular complexity index is 877. The standard InChI is InChI=1S/C20H24N6O2/c1-26-17-4-3-16(10-13(17)2-5-18(26)27)25-20-22-11-14(12-23-20)19(28)24-15-6-8-21-9-7-15/h3-4,10-12,15,21H,2,5-9H2,1H3,(H,24,28)(H,22,23,25). The number of aromatic nitrogens is 2. The van der Waals surface area contributed by atoms with Crippen molar-refractivity contribution in [3.63, 3.8) is 0 Å². The fourth-order valence-corrected chi connectivity index (χ4v) is 3.61. The average Bonchev–Trinajstić information content (AvgIpc) is 2.72. The fourth-order valence-electron chi connectivity index (χ4n) is 3.61. The van der Waals surface area contributed by atoms with Crippen molar-refractivity contribution in [2.24, 2.45) is 0 Å². The number of rotatable bonds is 4. The molecule has 2 aromatic rings. The van der Waals surface area contributed by atoms with Gasteiger partial charge in [0.1, 0.15) is 0 Å². The van der Waals surface area contributed by atoms with Crippen LogP contribution in [0.2, 0.25) is 0 Å². The molecule has 2 aliphatic heterocycles. The average molecular weight is 380 g/mol. The largest absolute Gasteiger partial charge is 0.349 e. The van der Waals surface area contributed by atoms with Gasteiger partial charge in [-0.2, -0.15) is 0 Å². The number of carbonyl (C=O) groups excluding carboxylic acids is 2. The molecule has 8 nitrogen and oxygen atoms in total. The molecule has 0 bridgehead atoms. The number of fused-ring (bicyclic) bond motifs is 1. The van der Waals surface area contributed by atoms with E-state index in [2.05, 4.69) is 25.9 Å². The number of anilines is 3. The highest BCUT2D eigenvalue weighted by Gasteiger charge is 2.21. The van der Waals surface area contributed by atoms with Gasteiger partial charge in [0.2, 0.25) is 11.9 Å². The summed E-state index contributed by atoms with van der Waals surface area (Å²) < 4.78 is 0. The van der Waals surface area contributed by atoms with Crippen LogP contribution in [0.1, 0.15) is 35.2 Å². The normalized spacial score (nSPS) is 17.2. The van der Waals surface area contributed by atoms with E-state index in [1.54, 1.807) is 11.9 Å². The van der Waals surface area contributed by atoms with Crippen molar-refractivity contribution in [2.45, 2.75) is 31.7 Å². The monoisotopic (exact) mass is 380 g/mol. The third kappa shape index (κ3) is 3.96. The van der Waals surface area contributed by atoms with Crippen LogP contribution in [0.15, 0.2) is 30.6 Å². The highest BCUT2D eigenvalue weighted by atomic mass is 16.2. The van der Waals surface area contributed by atoms with Crippen LogP contribution in [0.25, 0.3) is 0 Å². The van der Waals surface area contributed by atoms with E-state index < -0.39 is 0 Å². The van der Waals surface area contributed by atoms with Crippen LogP contribution in [0.3, 0.4) is 0 Å². The molecule has 0 unspecified atom stereocenters. The zero-order valence-electron chi connectivity index (χ0n) is 15.9. The second-order valence-electron chi connectivity index (χ2n) is 7.21. The summed E-state index contributed by atoms with van der Waals surface area (Å²) in [6.45, 7) is 1.85. The highest BCUT2D eigenvalue weighted by Crippen LogP contribution is 2.29. The number of hydrogen-bond donors (Lipinski definition) is 3. The quantitative estimate of drug-likeness (QED) is 0.745. The molecule has 0 spiro atoms. The molecular weight excluding hydrogens is 356 g/mol. The van der Waals surface area contributed by atoms with Gasteiger partial charge in [-0.3, -0.25) is 9.59 Å². The van der Waals surface area contributed by atoms with Crippen molar-refractivity contribution in [3.8, 4) is 0 Å². The van der Waals surface area contributed by atoms with Crippen LogP contribution in [-0.4, -0.2) is 48.0 Å². The van der Waals surface area contributed by atoms with Crippen LogP contribution >= 0.6 is 0 Å². The van der Waals surface area contributed by atoms with E-state index in [1.807, 2.05) is 18.2 Å². The Morgan fingerprint density at radius 2 is 1.93 bits per heavy atom. The van der Waals surface area contributed by atoms with Crippen LogP contribution in [-0.2, 0) is 11.2 Å². The molecule has 3 N–H and O–H groups in total. The van der Waals surface area contributed by atoms with E-state index in [9.17, 15) is 9.59 Å². The maximum atomic E-state index is 12.3. The summed E-state index contributed by atoms with van der Waals surface area (Å²) >= 11 is 0. The van der Waals surface area contributed by atoms with E-state index in [4.69, 9.17) is 0 Å². The van der Waals surface area contributed by atoms with Gasteiger partial charge in [-0.1, -0.05) is 0 Å². The number of nitrogens with one attached hydrogen (secondary N) is 3. The number of amides is 2. The van der Waals surface area contributed by atoms with Gasteiger partial charge in [0, 0.05) is 43.3 Å². The molecule has 3 heterocycles. The van der Waals surface area contributed by atoms with Gasteiger partial charge >= 0.3 is 0 Å². The summed E-state index contributed by atoms with van der Waals surface area (Å²) in [7, 11) is 1.80. The molecule has 0 aliphatic carbocycles. The molecule has 2 aliphatic rings. The molecule has 28 heavy (non-hydrogen) atoms. The molecule has 0 atom stereocenters. The van der Waals surface area contributed by atoms with Crippen LogP contribution in [0.4, 0.5) is 17.3 Å². The summed E-state index contributed by atoms with van der Waals surface area (Å²) in [5.41, 5.74) is 3.36. The molecule has 1 fully saturated rings. The lowest BCUT2D eigenvalue weighted by atomic mass is 10.0. The Kier molecular flexibility index (Phi) is 5.21. The summed E-state index contributed by atoms with van der Waals surface area (Å²) in [5.74, 6) is 0.424. The zero-order valence-corrected chi connectivity index (χ0v) is 15.9. The first-order valence-corrected chi connectivity index (χ1v) is 9.60. The maximum Gasteiger partial charge on any atom is 0.254 e. The third-order valence-electron chi connectivity index (χ3n) is 5.27. The minimum atomic E-state index is -0.139. The van der Waals surface area contributed by atoms with Crippen molar-refractivity contribution in [1.29, 1.82) is 0 Å². The van der Waals surface area contributed by atoms with Crippen molar-refractivity contribution >= 4 is 29.1 Å². The maximum absolute atomic E-state index is 12.3. The lowest BCUT2D eigenvalue weighted by Gasteiger charge is -2.26. The van der Waals surface area contributed by atoms with Crippen molar-refractivity contribution in [3.05, 3.63) is 41.7 Å². The first-order chi connectivity index (χ1) is 13.6. The zero-order chi connectivity index (χ0) is 19.5. The summed E-state index contributed by atoms with van der Waals surface area (Å²) in [5, 5.41) is 9.47. The van der Waals surface area contributed by atoms with Gasteiger partial charge in [-0.25, -0.2) is 9.97 Å². The molecule has 0 radical (unpaired) electrons. The van der Waals surface area contributed by atoms with Gasteiger partial charge in [0.15, 0.2) is 0 Å². The predicted molar refractivity (Wildman–Crippen MR) is 107 cm³/mol. The molecule has 1 aromatic carbocycles. The molecule has 8 heteroatoms. The fraction of sp³-hybridized carbons (Fsp3) is 0.400. The minimum absolute atomic E-state index is 0.134. The molecule has 146 valence electrons. The van der Waals surface area contributed by atoms with Crippen LogP contribution in [0, 0.1) is 0 Å². The molecule has 4 rings (SSSR count). The highest BCUT2D eigenvalue weighted by molar-refractivity contribution is 5.96. The van der Waals surface area contributed by atoms with Gasteiger partial charge < -0.3 is 20.9 Å². The summed E-state index contributed by atoms with van der Waals surface area (Å²) in [6.07, 6.45) is 6.19. The Morgan fingerprint density at radius 1 is 1.18 bits per heavy atom. The lowest BCUT2D eigenvalue weighted by Crippen LogP contribution is -2.42. The Morgan fingerprint density at radius 3 is 2.68 bits per heavy atom. The Hall–Kier alpha value is -3.00. The number of benzene rings is 1. The van der Waals surface area contributed by atoms with E-state index in [1.165, 1.54) is 12.4 Å². The van der Waals surface area contributed by atoms with Gasteiger partial charge in [0.25, 0.3) is 5.91 Å². The molecule has 2 amide bonds. The molecular formula is C20H24N6O2. The van der Waals surface area contributed by atoms with Crippen molar-refractivity contribution in [1.82, 2.24) is 20.6 Å². The Labute approximate surface area is 163 Å². The van der Waals surface area contributed by atoms with E-state index in [-0.39, 0.29) is 17.9 Å². The van der Waals surface area contributed by atoms with E-state index in [0.29, 0.717) is 17.9 Å². The number of piperidine rings is 1. The molecule has 1 aromatic heterocycles. The van der Waals surface area contributed by atoms with Gasteiger partial charge in [-0.15, -0.1) is 0 Å². The van der Waals surface area contributed by atoms with E-state index in [0.717, 1.165) is 49.3 Å². The number of nitrogens with zero attached hydrogens (tertiary/aromatic N) is 3. The minimum Gasteiger partial charge on any atom is -0.349 e. The first kappa shape index (κ1) is 18.4. The predicted octanol–water partition coefficient (Wildman–Crippen LogP) is 1.61. The summed E-state index contributed by atoms with van der Waals surface area (Å²) in [4.78, 5) is 34.4. The second-order valence-corrected chi connectivity index (χ2v) is 7.21. The second kappa shape index (κ2) is 7.93.